The van der Waals surface area contributed by atoms with Gasteiger partial charge in [0.05, 0.1) is 27.8 Å². The van der Waals surface area contributed by atoms with E-state index in [1.54, 1.807) is 0 Å². The summed E-state index contributed by atoms with van der Waals surface area (Å²) in [5.74, 6) is 0. The number of nitrogens with zero attached hydrogens (tertiary/aromatic N) is 2. The van der Waals surface area contributed by atoms with E-state index in [0.717, 1.165) is 0 Å². The molecule has 0 radical (unpaired) electrons. The second kappa shape index (κ2) is 12.7. The zero-order valence-electron chi connectivity index (χ0n) is 33.7. The Morgan fingerprint density at radius 1 is 0.258 bits per heavy atom. The summed E-state index contributed by atoms with van der Waals surface area (Å²) in [4.78, 5) is 0. The molecule has 0 unspecified atom stereocenters. The molecule has 2 nitrogen and oxygen atoms in total. The zero-order valence-corrected chi connectivity index (χ0v) is 33.7. The summed E-state index contributed by atoms with van der Waals surface area (Å²) in [6.45, 7) is 0. The van der Waals surface area contributed by atoms with Crippen molar-refractivity contribution < 1.29 is 0 Å². The van der Waals surface area contributed by atoms with E-state index < -0.39 is 0 Å². The topological polar surface area (TPSA) is 9.86 Å². The molecule has 0 bridgehead atoms. The van der Waals surface area contributed by atoms with Crippen molar-refractivity contribution in [2.45, 2.75) is 0 Å². The van der Waals surface area contributed by atoms with E-state index >= 15 is 0 Å². The Bertz CT molecular complexity index is 4030. The Labute approximate surface area is 357 Å². The summed E-state index contributed by atoms with van der Waals surface area (Å²) >= 11 is 0. The molecule has 0 spiro atoms. The Hall–Kier alpha value is -8.20. The first kappa shape index (κ1) is 33.6. The van der Waals surface area contributed by atoms with Crippen LogP contribution in [0, 0.1) is 0 Å². The van der Waals surface area contributed by atoms with Crippen LogP contribution >= 0.6 is 0 Å². The summed E-state index contributed by atoms with van der Waals surface area (Å²) in [6.07, 6.45) is 0. The van der Waals surface area contributed by atoms with Crippen LogP contribution in [0.4, 0.5) is 0 Å². The van der Waals surface area contributed by atoms with E-state index in [-0.39, 0.29) is 0 Å². The third-order valence-electron chi connectivity index (χ3n) is 13.6. The number of para-hydroxylation sites is 2. The maximum Gasteiger partial charge on any atom is 0.0619 e. The summed E-state index contributed by atoms with van der Waals surface area (Å²) in [5, 5.41) is 12.7. The number of hydrogen-bond acceptors (Lipinski definition) is 0. The van der Waals surface area contributed by atoms with E-state index in [4.69, 9.17) is 0 Å². The molecule has 0 saturated heterocycles. The second-order valence-electron chi connectivity index (χ2n) is 16.8. The van der Waals surface area contributed by atoms with E-state index in [2.05, 4.69) is 228 Å². The molecule has 13 aromatic rings. The van der Waals surface area contributed by atoms with Crippen LogP contribution in [0.2, 0.25) is 0 Å². The second-order valence-corrected chi connectivity index (χ2v) is 16.8. The Kier molecular flexibility index (Phi) is 6.86. The van der Waals surface area contributed by atoms with Gasteiger partial charge in [-0.2, -0.15) is 0 Å². The van der Waals surface area contributed by atoms with Crippen LogP contribution in [-0.4, -0.2) is 9.13 Å². The first-order valence-electron chi connectivity index (χ1n) is 21.5. The van der Waals surface area contributed by atoms with Crippen molar-refractivity contribution >= 4 is 75.9 Å². The molecule has 11 aromatic carbocycles. The van der Waals surface area contributed by atoms with E-state index in [0.29, 0.717) is 0 Å². The molecule has 2 heteroatoms. The van der Waals surface area contributed by atoms with Crippen molar-refractivity contribution in [2.75, 3.05) is 0 Å². The average molecular weight is 785 g/mol. The molecule has 286 valence electrons. The van der Waals surface area contributed by atoms with Crippen molar-refractivity contribution in [2.24, 2.45) is 0 Å². The fraction of sp³-hybridized carbons (Fsp3) is 0. The summed E-state index contributed by atoms with van der Waals surface area (Å²) in [6, 6.07) is 81.0. The molecule has 0 aliphatic heterocycles. The first-order chi connectivity index (χ1) is 30.8. The van der Waals surface area contributed by atoms with E-state index in [1.807, 2.05) is 0 Å². The van der Waals surface area contributed by atoms with Crippen LogP contribution in [0.5, 0.6) is 0 Å². The van der Waals surface area contributed by atoms with Crippen LogP contribution < -0.4 is 0 Å². The average Bonchev–Trinajstić information content (AvgIpc) is 3.97. The van der Waals surface area contributed by atoms with E-state index in [9.17, 15) is 0 Å². The Morgan fingerprint density at radius 2 is 0.855 bits per heavy atom. The SMILES string of the molecule is c1ccc(-n2c3ccc(-c4ccc5c(c4)c4ccccc4n5-c4ccc(-c5ccc6c(c5)-c5cccc7cccc-6c57)c5ccccc45)cc3c3ccc4ccccc4c32)cc1. The molecule has 14 rings (SSSR count). The van der Waals surface area contributed by atoms with Gasteiger partial charge in [-0.05, 0) is 121 Å². The van der Waals surface area contributed by atoms with E-state index in [1.165, 1.54) is 132 Å². The van der Waals surface area contributed by atoms with Crippen molar-refractivity contribution in [3.63, 3.8) is 0 Å². The van der Waals surface area contributed by atoms with Crippen LogP contribution in [-0.2, 0) is 0 Å². The van der Waals surface area contributed by atoms with Gasteiger partial charge >= 0.3 is 0 Å². The summed E-state index contributed by atoms with van der Waals surface area (Å²) in [7, 11) is 0. The molecule has 2 aromatic heterocycles. The minimum absolute atomic E-state index is 1.17. The Balaban J connectivity index is 0.931. The van der Waals surface area contributed by atoms with Gasteiger partial charge in [0.1, 0.15) is 0 Å². The molecule has 0 amide bonds. The molecule has 0 saturated carbocycles. The highest BCUT2D eigenvalue weighted by molar-refractivity contribution is 6.20. The van der Waals surface area contributed by atoms with Gasteiger partial charge in [0, 0.05) is 38.0 Å². The highest BCUT2D eigenvalue weighted by atomic mass is 15.0. The minimum Gasteiger partial charge on any atom is -0.309 e. The largest absolute Gasteiger partial charge is 0.309 e. The van der Waals surface area contributed by atoms with Gasteiger partial charge in [-0.15, -0.1) is 0 Å². The lowest BCUT2D eigenvalue weighted by atomic mass is 9.93. The molecule has 0 fully saturated rings. The Morgan fingerprint density at radius 3 is 1.66 bits per heavy atom. The summed E-state index contributed by atoms with van der Waals surface area (Å²) in [5.41, 5.74) is 17.4. The standard InChI is InChI=1S/C60H36N2/c1-2-15-42(16-3-1)61-57-31-26-40(35-54(57)51-29-24-37-12-4-5-17-44(37)60(51)61)39-27-32-58-53(34-39)48-20-8-9-23-55(48)62(58)56-33-30-43(45-18-6-7-19-47(45)56)41-25-28-46-49-21-10-13-38-14-11-22-50(59(38)49)52(46)36-41/h1-36H. The number of fused-ring (bicyclic) bond motifs is 12. The summed E-state index contributed by atoms with van der Waals surface area (Å²) < 4.78 is 4.91. The molecule has 1 aliphatic rings. The van der Waals surface area contributed by atoms with Gasteiger partial charge < -0.3 is 9.13 Å². The number of hydrogen-bond donors (Lipinski definition) is 0. The highest BCUT2D eigenvalue weighted by Gasteiger charge is 2.23. The quantitative estimate of drug-likeness (QED) is 0.168. The van der Waals surface area contributed by atoms with Crippen LogP contribution in [0.15, 0.2) is 218 Å². The van der Waals surface area contributed by atoms with Gasteiger partial charge in [-0.3, -0.25) is 0 Å². The molecule has 0 N–H and O–H groups in total. The first-order valence-corrected chi connectivity index (χ1v) is 21.5. The van der Waals surface area contributed by atoms with Gasteiger partial charge in [0.15, 0.2) is 0 Å². The maximum atomic E-state index is 2.47. The third-order valence-corrected chi connectivity index (χ3v) is 13.6. The lowest BCUT2D eigenvalue weighted by Gasteiger charge is -2.16. The van der Waals surface area contributed by atoms with Crippen molar-refractivity contribution in [1.82, 2.24) is 9.13 Å². The number of aromatic nitrogens is 2. The van der Waals surface area contributed by atoms with Gasteiger partial charge in [-0.1, -0.05) is 164 Å². The third kappa shape index (κ3) is 4.64. The number of benzene rings is 11. The number of rotatable bonds is 4. The smallest absolute Gasteiger partial charge is 0.0619 e. The van der Waals surface area contributed by atoms with Crippen LogP contribution in [0.1, 0.15) is 0 Å². The fourth-order valence-corrected chi connectivity index (χ4v) is 10.9. The monoisotopic (exact) mass is 784 g/mol. The van der Waals surface area contributed by atoms with Crippen molar-refractivity contribution in [1.29, 1.82) is 0 Å². The van der Waals surface area contributed by atoms with Gasteiger partial charge in [0.25, 0.3) is 0 Å². The predicted octanol–water partition coefficient (Wildman–Crippen LogP) is 16.3. The molecule has 2 heterocycles. The van der Waals surface area contributed by atoms with Crippen molar-refractivity contribution in [3.8, 4) is 55.9 Å². The molecule has 62 heavy (non-hydrogen) atoms. The lowest BCUT2D eigenvalue weighted by molar-refractivity contribution is 1.19. The molecular formula is C60H36N2. The predicted molar refractivity (Wildman–Crippen MR) is 263 cm³/mol. The molecule has 1 aliphatic carbocycles. The highest BCUT2D eigenvalue weighted by Crippen LogP contribution is 2.49. The normalized spacial score (nSPS) is 12.2. The fourth-order valence-electron chi connectivity index (χ4n) is 10.9. The lowest BCUT2D eigenvalue weighted by Crippen LogP contribution is -1.96. The molecule has 0 atom stereocenters. The van der Waals surface area contributed by atoms with Crippen LogP contribution in [0.3, 0.4) is 0 Å². The van der Waals surface area contributed by atoms with Gasteiger partial charge in [-0.25, -0.2) is 0 Å². The van der Waals surface area contributed by atoms with Crippen LogP contribution in [0.25, 0.3) is 132 Å². The van der Waals surface area contributed by atoms with Crippen molar-refractivity contribution in [3.05, 3.63) is 218 Å². The van der Waals surface area contributed by atoms with Gasteiger partial charge in [0.2, 0.25) is 0 Å². The maximum absolute atomic E-state index is 2.47. The molecular weight excluding hydrogens is 749 g/mol. The minimum atomic E-state index is 1.17. The zero-order chi connectivity index (χ0) is 40.5.